The lowest BCUT2D eigenvalue weighted by Gasteiger charge is -2.21. The van der Waals surface area contributed by atoms with Crippen LogP contribution < -0.4 is 5.32 Å². The lowest BCUT2D eigenvalue weighted by molar-refractivity contribution is -0.167. The number of hydrogen-bond donors (Lipinski definition) is 1. The van der Waals surface area contributed by atoms with Crippen LogP contribution in [0.4, 0.5) is 18.9 Å². The van der Waals surface area contributed by atoms with Crippen molar-refractivity contribution >= 4 is 23.5 Å². The number of esters is 2. The monoisotopic (exact) mass is 453 g/mol. The molecule has 1 heterocycles. The van der Waals surface area contributed by atoms with E-state index in [-0.39, 0.29) is 42.6 Å². The number of ether oxygens (including phenoxy) is 2. The minimum Gasteiger partial charge on any atom is -0.469 e. The number of carbonyl (C=O) groups excluding carboxylic acids is 3. The van der Waals surface area contributed by atoms with E-state index in [2.05, 4.69) is 0 Å². The molecular formula is C23H26F3NO5. The number of hydrogen-bond acceptors (Lipinski definition) is 5. The molecule has 1 aliphatic heterocycles. The van der Waals surface area contributed by atoms with E-state index >= 15 is 0 Å². The van der Waals surface area contributed by atoms with Gasteiger partial charge in [0.25, 0.3) is 0 Å². The summed E-state index contributed by atoms with van der Waals surface area (Å²) in [7, 11) is 1.33. The number of anilines is 1. The third-order valence-corrected chi connectivity index (χ3v) is 6.28. The summed E-state index contributed by atoms with van der Waals surface area (Å²) in [4.78, 5) is 35.9. The number of cyclic esters (lactones) is 1. The molecule has 3 rings (SSSR count). The van der Waals surface area contributed by atoms with Crippen LogP contribution >= 0.6 is 0 Å². The highest BCUT2D eigenvalue weighted by Gasteiger charge is 2.41. The van der Waals surface area contributed by atoms with Crippen molar-refractivity contribution in [2.45, 2.75) is 65.2 Å². The second-order valence-electron chi connectivity index (χ2n) is 8.04. The summed E-state index contributed by atoms with van der Waals surface area (Å²) in [5.74, 6) is -3.18. The Bertz CT molecular complexity index is 981. The number of allylic oxidation sites excluding steroid dienone is 2. The Morgan fingerprint density at radius 3 is 2.62 bits per heavy atom. The predicted molar refractivity (Wildman–Crippen MR) is 110 cm³/mol. The van der Waals surface area contributed by atoms with Gasteiger partial charge < -0.3 is 14.8 Å². The number of nitrogens with one attached hydrogen (secondary N) is 1. The van der Waals surface area contributed by atoms with Gasteiger partial charge in [0.05, 0.1) is 24.8 Å². The van der Waals surface area contributed by atoms with Crippen LogP contribution in [-0.2, 0) is 38.5 Å². The van der Waals surface area contributed by atoms with E-state index in [0.717, 1.165) is 36.0 Å². The van der Waals surface area contributed by atoms with Crippen molar-refractivity contribution < 1.29 is 37.0 Å². The number of rotatable bonds is 6. The maximum Gasteiger partial charge on any atom is 0.471 e. The SMILES string of the molecule is CCc1c(C)c2c(c(NC(=O)C(F)(F)F)c1C/C=C1\CCCC1CC(=O)OC)C(=O)OC2. The van der Waals surface area contributed by atoms with Gasteiger partial charge in [0.1, 0.15) is 6.61 Å². The zero-order valence-electron chi connectivity index (χ0n) is 18.3. The maximum atomic E-state index is 13.0. The molecular weight excluding hydrogens is 427 g/mol. The van der Waals surface area contributed by atoms with Crippen molar-refractivity contribution in [1.82, 2.24) is 0 Å². The Morgan fingerprint density at radius 1 is 1.28 bits per heavy atom. The molecule has 9 heteroatoms. The molecule has 6 nitrogen and oxygen atoms in total. The first-order valence-corrected chi connectivity index (χ1v) is 10.6. The molecule has 1 aliphatic carbocycles. The highest BCUT2D eigenvalue weighted by atomic mass is 19.4. The van der Waals surface area contributed by atoms with Gasteiger partial charge in [-0.15, -0.1) is 0 Å². The molecule has 0 aromatic heterocycles. The molecule has 0 bridgehead atoms. The molecule has 32 heavy (non-hydrogen) atoms. The van der Waals surface area contributed by atoms with Crippen LogP contribution in [0.1, 0.15) is 65.2 Å². The molecule has 1 saturated carbocycles. The topological polar surface area (TPSA) is 81.7 Å². The van der Waals surface area contributed by atoms with Crippen LogP contribution in [0.5, 0.6) is 0 Å². The minimum absolute atomic E-state index is 0.0109. The summed E-state index contributed by atoms with van der Waals surface area (Å²) in [5, 5.41) is 1.94. The molecule has 0 saturated heterocycles. The van der Waals surface area contributed by atoms with Crippen molar-refractivity contribution in [3.63, 3.8) is 0 Å². The second-order valence-corrected chi connectivity index (χ2v) is 8.04. The smallest absolute Gasteiger partial charge is 0.469 e. The van der Waals surface area contributed by atoms with Crippen molar-refractivity contribution in [3.05, 3.63) is 39.5 Å². The third kappa shape index (κ3) is 4.66. The van der Waals surface area contributed by atoms with Crippen molar-refractivity contribution in [2.75, 3.05) is 12.4 Å². The molecule has 1 aromatic rings. The van der Waals surface area contributed by atoms with Crippen LogP contribution in [-0.4, -0.2) is 31.1 Å². The number of carbonyl (C=O) groups is 3. The molecule has 2 aliphatic rings. The Balaban J connectivity index is 2.07. The van der Waals surface area contributed by atoms with Gasteiger partial charge in [-0.3, -0.25) is 9.59 Å². The van der Waals surface area contributed by atoms with E-state index in [1.165, 1.54) is 7.11 Å². The van der Waals surface area contributed by atoms with Gasteiger partial charge in [0.15, 0.2) is 0 Å². The largest absolute Gasteiger partial charge is 0.471 e. The number of amides is 1. The van der Waals surface area contributed by atoms with Crippen molar-refractivity contribution in [3.8, 4) is 0 Å². The summed E-state index contributed by atoms with van der Waals surface area (Å²) in [6.07, 6.45) is 0.298. The number of fused-ring (bicyclic) bond motifs is 1. The molecule has 1 N–H and O–H groups in total. The van der Waals surface area contributed by atoms with Crippen molar-refractivity contribution in [1.29, 1.82) is 0 Å². The van der Waals surface area contributed by atoms with Gasteiger partial charge in [-0.25, -0.2) is 4.79 Å². The molecule has 1 atom stereocenters. The third-order valence-electron chi connectivity index (χ3n) is 6.28. The van der Waals surface area contributed by atoms with Crippen LogP contribution in [0.15, 0.2) is 11.6 Å². The first-order valence-electron chi connectivity index (χ1n) is 10.6. The van der Waals surface area contributed by atoms with E-state index in [4.69, 9.17) is 9.47 Å². The van der Waals surface area contributed by atoms with E-state index in [1.54, 1.807) is 6.92 Å². The van der Waals surface area contributed by atoms with Crippen molar-refractivity contribution in [2.24, 2.45) is 5.92 Å². The Morgan fingerprint density at radius 2 is 2.00 bits per heavy atom. The lowest BCUT2D eigenvalue weighted by Crippen LogP contribution is -2.31. The average molecular weight is 453 g/mol. The van der Waals surface area contributed by atoms with E-state index < -0.39 is 18.1 Å². The Hall–Kier alpha value is -2.84. The normalized spacial score (nSPS) is 19.1. The van der Waals surface area contributed by atoms with Crippen LogP contribution in [0.2, 0.25) is 0 Å². The number of halogens is 3. The summed E-state index contributed by atoms with van der Waals surface area (Å²) >= 11 is 0. The molecule has 1 unspecified atom stereocenters. The Labute approximate surface area is 184 Å². The predicted octanol–water partition coefficient (Wildman–Crippen LogP) is 4.56. The van der Waals surface area contributed by atoms with Gasteiger partial charge >= 0.3 is 24.0 Å². The fourth-order valence-electron chi connectivity index (χ4n) is 4.65. The Kier molecular flexibility index (Phi) is 6.95. The van der Waals surface area contributed by atoms with Gasteiger partial charge in [-0.1, -0.05) is 18.6 Å². The summed E-state index contributed by atoms with van der Waals surface area (Å²) < 4.78 is 48.9. The maximum absolute atomic E-state index is 13.0. The molecule has 0 spiro atoms. The van der Waals surface area contributed by atoms with Gasteiger partial charge in [0.2, 0.25) is 0 Å². The van der Waals surface area contributed by atoms with Crippen LogP contribution in [0.3, 0.4) is 0 Å². The van der Waals surface area contributed by atoms with E-state index in [9.17, 15) is 27.6 Å². The molecule has 1 aromatic carbocycles. The molecule has 1 amide bonds. The summed E-state index contributed by atoms with van der Waals surface area (Å²) in [6, 6.07) is 0. The quantitative estimate of drug-likeness (QED) is 0.505. The summed E-state index contributed by atoms with van der Waals surface area (Å²) in [6.45, 7) is 3.64. The van der Waals surface area contributed by atoms with E-state index in [0.29, 0.717) is 17.5 Å². The minimum atomic E-state index is -5.10. The number of methoxy groups -OCH3 is 1. The number of benzene rings is 1. The zero-order valence-corrected chi connectivity index (χ0v) is 18.3. The molecule has 174 valence electrons. The summed E-state index contributed by atoms with van der Waals surface area (Å²) in [5.41, 5.74) is 3.42. The number of alkyl halides is 3. The standard InChI is InChI=1S/C23H26F3NO5/c1-4-15-12(2)17-11-32-21(29)19(17)20(27-22(30)23(24,25)26)16(15)9-8-13-6-5-7-14(13)10-18(28)31-3/h8,14H,4-7,9-11H2,1-3H3,(H,27,30)/b13-8+. The fraction of sp³-hybridized carbons (Fsp3) is 0.522. The fourth-order valence-corrected chi connectivity index (χ4v) is 4.65. The first kappa shape index (κ1) is 23.8. The van der Waals surface area contributed by atoms with Crippen LogP contribution in [0, 0.1) is 12.8 Å². The molecule has 0 radical (unpaired) electrons. The first-order chi connectivity index (χ1) is 15.1. The second kappa shape index (κ2) is 9.34. The van der Waals surface area contributed by atoms with E-state index in [1.807, 2.05) is 18.3 Å². The lowest BCUT2D eigenvalue weighted by atomic mass is 9.87. The van der Waals surface area contributed by atoms with Gasteiger partial charge in [-0.2, -0.15) is 13.2 Å². The highest BCUT2D eigenvalue weighted by molar-refractivity contribution is 6.06. The average Bonchev–Trinajstić information content (AvgIpc) is 3.34. The molecule has 1 fully saturated rings. The van der Waals surface area contributed by atoms with Crippen LogP contribution in [0.25, 0.3) is 0 Å². The van der Waals surface area contributed by atoms with Gasteiger partial charge in [-0.05, 0) is 61.6 Å². The van der Waals surface area contributed by atoms with Gasteiger partial charge in [0, 0.05) is 5.56 Å². The zero-order chi connectivity index (χ0) is 23.6. The highest BCUT2D eigenvalue weighted by Crippen LogP contribution is 2.40.